The molecule has 7 heteroatoms. The van der Waals surface area contributed by atoms with E-state index >= 15 is 0 Å². The fourth-order valence-corrected chi connectivity index (χ4v) is 4.44. The highest BCUT2D eigenvalue weighted by molar-refractivity contribution is 5.95. The van der Waals surface area contributed by atoms with Crippen molar-refractivity contribution in [3.05, 3.63) is 137 Å². The molecule has 0 aliphatic carbocycles. The molecule has 4 aromatic carbocycles. The predicted molar refractivity (Wildman–Crippen MR) is 159 cm³/mol. The predicted octanol–water partition coefficient (Wildman–Crippen LogP) is 7.33. The smallest absolute Gasteiger partial charge is 0.271 e. The van der Waals surface area contributed by atoms with Crippen molar-refractivity contribution in [3.63, 3.8) is 0 Å². The molecule has 5 aromatic rings. The lowest BCUT2D eigenvalue weighted by molar-refractivity contribution is 0.0955. The number of nitrogens with one attached hydrogen (secondary N) is 1. The maximum absolute atomic E-state index is 13.2. The zero-order valence-electron chi connectivity index (χ0n) is 22.9. The topological polar surface area (TPSA) is 64.8 Å². The molecule has 0 fully saturated rings. The van der Waals surface area contributed by atoms with Crippen molar-refractivity contribution in [2.45, 2.75) is 20.5 Å². The van der Waals surface area contributed by atoms with Crippen molar-refractivity contribution in [1.82, 2.24) is 9.99 Å². The van der Waals surface area contributed by atoms with Crippen LogP contribution in [0.5, 0.6) is 11.5 Å². The number of hydrogen-bond acceptors (Lipinski definition) is 4. The largest absolute Gasteiger partial charge is 0.490 e. The molecule has 1 heterocycles. The Morgan fingerprint density at radius 2 is 1.63 bits per heavy atom. The number of hydrazone groups is 1. The minimum atomic E-state index is -0.315. The number of aromatic nitrogens is 1. The second-order valence-corrected chi connectivity index (χ2v) is 9.36. The van der Waals surface area contributed by atoms with Gasteiger partial charge in [0, 0.05) is 16.9 Å². The summed E-state index contributed by atoms with van der Waals surface area (Å²) in [7, 11) is 0. The van der Waals surface area contributed by atoms with Crippen molar-refractivity contribution in [2.75, 3.05) is 6.61 Å². The van der Waals surface area contributed by atoms with E-state index in [9.17, 15) is 9.18 Å². The van der Waals surface area contributed by atoms with Gasteiger partial charge in [0.05, 0.1) is 18.5 Å². The molecular weight excluding hydrogens is 517 g/mol. The molecule has 0 atom stereocenters. The summed E-state index contributed by atoms with van der Waals surface area (Å²) in [5, 5.41) is 4.13. The van der Waals surface area contributed by atoms with Crippen molar-refractivity contribution in [1.29, 1.82) is 0 Å². The number of amides is 1. The minimum absolute atomic E-state index is 0.278. The molecule has 206 valence electrons. The van der Waals surface area contributed by atoms with Gasteiger partial charge in [-0.1, -0.05) is 42.5 Å². The Morgan fingerprint density at radius 3 is 2.37 bits per heavy atom. The van der Waals surface area contributed by atoms with E-state index in [-0.39, 0.29) is 18.3 Å². The van der Waals surface area contributed by atoms with Gasteiger partial charge in [-0.3, -0.25) is 4.79 Å². The van der Waals surface area contributed by atoms with Crippen LogP contribution in [0.1, 0.15) is 34.1 Å². The Hall–Kier alpha value is -5.17. The third-order valence-electron chi connectivity index (χ3n) is 6.49. The lowest BCUT2D eigenvalue weighted by Crippen LogP contribution is -2.17. The summed E-state index contributed by atoms with van der Waals surface area (Å²) in [6, 6.07) is 33.3. The minimum Gasteiger partial charge on any atom is -0.490 e. The summed E-state index contributed by atoms with van der Waals surface area (Å²) in [5.74, 6) is 0.506. The summed E-state index contributed by atoms with van der Waals surface area (Å²) < 4.78 is 26.9. The molecule has 1 N–H and O–H groups in total. The van der Waals surface area contributed by atoms with Crippen molar-refractivity contribution < 1.29 is 18.7 Å². The van der Waals surface area contributed by atoms with Crippen molar-refractivity contribution >= 4 is 12.1 Å². The number of nitrogens with zero attached hydrogens (tertiary/aromatic N) is 2. The first-order valence-corrected chi connectivity index (χ1v) is 13.3. The maximum atomic E-state index is 13.2. The van der Waals surface area contributed by atoms with Gasteiger partial charge in [0.1, 0.15) is 12.4 Å². The highest BCUT2D eigenvalue weighted by Crippen LogP contribution is 2.29. The normalized spacial score (nSPS) is 11.0. The van der Waals surface area contributed by atoms with Gasteiger partial charge in [-0.05, 0) is 97.3 Å². The maximum Gasteiger partial charge on any atom is 0.271 e. The van der Waals surface area contributed by atoms with Crippen LogP contribution in [-0.2, 0) is 6.61 Å². The fraction of sp³-hybridized carbons (Fsp3) is 0.118. The average molecular weight is 548 g/mol. The Labute approximate surface area is 238 Å². The van der Waals surface area contributed by atoms with Gasteiger partial charge in [-0.2, -0.15) is 5.10 Å². The highest BCUT2D eigenvalue weighted by atomic mass is 19.1. The van der Waals surface area contributed by atoms with E-state index in [0.717, 1.165) is 33.8 Å². The Kier molecular flexibility index (Phi) is 8.55. The van der Waals surface area contributed by atoms with E-state index in [1.807, 2.05) is 43.3 Å². The lowest BCUT2D eigenvalue weighted by atomic mass is 10.1. The lowest BCUT2D eigenvalue weighted by Gasteiger charge is -2.13. The van der Waals surface area contributed by atoms with Gasteiger partial charge < -0.3 is 14.0 Å². The first-order chi connectivity index (χ1) is 20.0. The average Bonchev–Trinajstić information content (AvgIpc) is 3.39. The molecule has 0 saturated carbocycles. The molecule has 5 rings (SSSR count). The van der Waals surface area contributed by atoms with Crippen LogP contribution in [0.15, 0.2) is 114 Å². The van der Waals surface area contributed by atoms with Crippen LogP contribution in [-0.4, -0.2) is 23.3 Å². The fourth-order valence-electron chi connectivity index (χ4n) is 4.44. The summed E-state index contributed by atoms with van der Waals surface area (Å²) in [4.78, 5) is 12.8. The molecule has 6 nitrogen and oxygen atoms in total. The number of halogens is 1. The molecule has 0 aliphatic rings. The Balaban J connectivity index is 1.23. The molecule has 1 aromatic heterocycles. The Morgan fingerprint density at radius 1 is 0.878 bits per heavy atom. The van der Waals surface area contributed by atoms with Crippen LogP contribution < -0.4 is 14.9 Å². The van der Waals surface area contributed by atoms with Gasteiger partial charge in [0.15, 0.2) is 11.5 Å². The zero-order chi connectivity index (χ0) is 28.6. The molecule has 0 saturated heterocycles. The van der Waals surface area contributed by atoms with Gasteiger partial charge in [0.25, 0.3) is 5.91 Å². The molecule has 0 bridgehead atoms. The number of benzene rings is 4. The van der Waals surface area contributed by atoms with E-state index < -0.39 is 0 Å². The Bertz CT molecular complexity index is 1640. The quantitative estimate of drug-likeness (QED) is 0.147. The third kappa shape index (κ3) is 6.70. The zero-order valence-corrected chi connectivity index (χ0v) is 22.9. The number of carbonyl (C=O) groups is 1. The van der Waals surface area contributed by atoms with E-state index in [2.05, 4.69) is 46.3 Å². The van der Waals surface area contributed by atoms with Gasteiger partial charge in [0.2, 0.25) is 0 Å². The summed E-state index contributed by atoms with van der Waals surface area (Å²) in [6.45, 7) is 4.68. The van der Waals surface area contributed by atoms with Crippen LogP contribution in [0, 0.1) is 12.7 Å². The van der Waals surface area contributed by atoms with Crippen LogP contribution in [0.2, 0.25) is 0 Å². The van der Waals surface area contributed by atoms with Gasteiger partial charge in [-0.15, -0.1) is 0 Å². The first kappa shape index (κ1) is 27.4. The molecule has 0 aliphatic heterocycles. The van der Waals surface area contributed by atoms with E-state index in [1.165, 1.54) is 12.1 Å². The summed E-state index contributed by atoms with van der Waals surface area (Å²) in [6.07, 6.45) is 1.55. The molecule has 0 spiro atoms. The second-order valence-electron chi connectivity index (χ2n) is 9.36. The van der Waals surface area contributed by atoms with Crippen molar-refractivity contribution in [3.8, 4) is 28.4 Å². The van der Waals surface area contributed by atoms with E-state index in [4.69, 9.17) is 9.47 Å². The number of aryl methyl sites for hydroxylation is 1. The standard InChI is InChI=1S/C34H30FN3O3/c1-3-40-33-21-26(12-20-32(33)41-23-25-10-15-29(35)16-11-25)22-36-37-34(39)28-13-17-30(18-14-28)38-24(2)9-19-31(38)27-7-5-4-6-8-27/h4-22H,3,23H2,1-2H3,(H,37,39)/b36-22+. The first-order valence-electron chi connectivity index (χ1n) is 13.3. The summed E-state index contributed by atoms with van der Waals surface area (Å²) in [5.41, 5.74) is 8.94. The van der Waals surface area contributed by atoms with Crippen LogP contribution in [0.3, 0.4) is 0 Å². The van der Waals surface area contributed by atoms with Crippen molar-refractivity contribution in [2.24, 2.45) is 5.10 Å². The molecule has 41 heavy (non-hydrogen) atoms. The molecular formula is C34H30FN3O3. The van der Waals surface area contributed by atoms with E-state index in [0.29, 0.717) is 23.7 Å². The van der Waals surface area contributed by atoms with Crippen LogP contribution in [0.4, 0.5) is 4.39 Å². The number of ether oxygens (including phenoxy) is 2. The number of carbonyl (C=O) groups excluding carboxylic acids is 1. The molecule has 0 unspecified atom stereocenters. The molecule has 0 radical (unpaired) electrons. The second kappa shape index (κ2) is 12.8. The number of rotatable bonds is 10. The summed E-state index contributed by atoms with van der Waals surface area (Å²) >= 11 is 0. The monoisotopic (exact) mass is 547 g/mol. The third-order valence-corrected chi connectivity index (χ3v) is 6.49. The highest BCUT2D eigenvalue weighted by Gasteiger charge is 2.11. The number of hydrogen-bond donors (Lipinski definition) is 1. The van der Waals surface area contributed by atoms with Crippen LogP contribution >= 0.6 is 0 Å². The SMILES string of the molecule is CCOc1cc(/C=N/NC(=O)c2ccc(-n3c(C)ccc3-c3ccccc3)cc2)ccc1OCc1ccc(F)cc1. The van der Waals surface area contributed by atoms with E-state index in [1.54, 1.807) is 42.6 Å². The van der Waals surface area contributed by atoms with Crippen LogP contribution in [0.25, 0.3) is 16.9 Å². The molecule has 1 amide bonds. The van der Waals surface area contributed by atoms with Gasteiger partial charge in [-0.25, -0.2) is 9.82 Å². The van der Waals surface area contributed by atoms with Gasteiger partial charge >= 0.3 is 0 Å².